The highest BCUT2D eigenvalue weighted by Crippen LogP contribution is 2.22. The van der Waals surface area contributed by atoms with Crippen LogP contribution >= 0.6 is 0 Å². The van der Waals surface area contributed by atoms with Gasteiger partial charge in [0.15, 0.2) is 0 Å². The smallest absolute Gasteiger partial charge is 0.268 e. The Morgan fingerprint density at radius 2 is 2.32 bits per heavy atom. The van der Waals surface area contributed by atoms with Crippen LogP contribution < -0.4 is 10.6 Å². The molecule has 5 heteroatoms. The Morgan fingerprint density at radius 3 is 3.00 bits per heavy atom. The second-order valence-electron chi connectivity index (χ2n) is 6.17. The Balaban J connectivity index is 2.02. The largest absolute Gasteiger partial charge is 0.356 e. The van der Waals surface area contributed by atoms with Crippen molar-refractivity contribution in [1.82, 2.24) is 15.2 Å². The predicted molar refractivity (Wildman–Crippen MR) is 87.6 cm³/mol. The van der Waals surface area contributed by atoms with Crippen molar-refractivity contribution in [1.29, 1.82) is 0 Å². The van der Waals surface area contributed by atoms with Crippen LogP contribution in [0.1, 0.15) is 55.7 Å². The molecule has 0 spiro atoms. The van der Waals surface area contributed by atoms with E-state index >= 15 is 0 Å². The van der Waals surface area contributed by atoms with E-state index in [1.54, 1.807) is 0 Å². The number of carbonyl (C=O) groups excluding carboxylic acids is 2. The zero-order valence-corrected chi connectivity index (χ0v) is 13.6. The summed E-state index contributed by atoms with van der Waals surface area (Å²) in [7, 11) is 0. The zero-order valence-electron chi connectivity index (χ0n) is 13.6. The third-order valence-electron chi connectivity index (χ3n) is 3.82. The van der Waals surface area contributed by atoms with Crippen LogP contribution in [0.2, 0.25) is 0 Å². The lowest BCUT2D eigenvalue weighted by molar-refractivity contribution is -0.121. The van der Waals surface area contributed by atoms with Crippen molar-refractivity contribution >= 4 is 17.9 Å². The third-order valence-corrected chi connectivity index (χ3v) is 3.82. The van der Waals surface area contributed by atoms with Gasteiger partial charge in [-0.25, -0.2) is 0 Å². The van der Waals surface area contributed by atoms with Crippen LogP contribution in [-0.2, 0) is 4.79 Å². The van der Waals surface area contributed by atoms with E-state index in [2.05, 4.69) is 24.5 Å². The number of allylic oxidation sites excluding steroid dienone is 1. The van der Waals surface area contributed by atoms with E-state index < -0.39 is 0 Å². The molecule has 1 aromatic heterocycles. The van der Waals surface area contributed by atoms with Gasteiger partial charge < -0.3 is 15.2 Å². The average Bonchev–Trinajstić information content (AvgIpc) is 2.87. The molecule has 2 amide bonds. The first kappa shape index (κ1) is 16.3. The van der Waals surface area contributed by atoms with Crippen molar-refractivity contribution in [2.24, 2.45) is 5.92 Å². The lowest BCUT2D eigenvalue weighted by Gasteiger charge is -2.26. The Labute approximate surface area is 131 Å². The van der Waals surface area contributed by atoms with Crippen LogP contribution in [0.25, 0.3) is 6.08 Å². The van der Waals surface area contributed by atoms with Crippen LogP contribution in [0, 0.1) is 5.92 Å². The monoisotopic (exact) mass is 303 g/mol. The molecule has 0 bridgehead atoms. The molecule has 0 radical (unpaired) electrons. The normalized spacial score (nSPS) is 17.6. The van der Waals surface area contributed by atoms with Crippen LogP contribution in [0.3, 0.4) is 0 Å². The summed E-state index contributed by atoms with van der Waals surface area (Å²) >= 11 is 0. The van der Waals surface area contributed by atoms with Crippen molar-refractivity contribution < 1.29 is 9.59 Å². The standard InChI is InChI=1S/C17H25N3O2/c1-4-5-13-8-15-17(22)19-10-14(20(15)11-13)9-16(21)18-7-6-12(2)3/h4-5,8,11-12,14H,6-7,9-10H2,1-3H3,(H,18,21)(H,19,22)/b5-4+. The number of rotatable bonds is 6. The quantitative estimate of drug-likeness (QED) is 0.847. The number of nitrogens with zero attached hydrogens (tertiary/aromatic N) is 1. The highest BCUT2D eigenvalue weighted by atomic mass is 16.2. The molecule has 1 atom stereocenters. The van der Waals surface area contributed by atoms with Gasteiger partial charge in [-0.05, 0) is 30.9 Å². The maximum atomic E-state index is 12.1. The molecule has 120 valence electrons. The SMILES string of the molecule is C/C=C/c1cc2n(c1)C(CC(=O)NCCC(C)C)CNC2=O. The van der Waals surface area contributed by atoms with Gasteiger partial charge in [0.2, 0.25) is 5.91 Å². The van der Waals surface area contributed by atoms with Crippen molar-refractivity contribution in [3.05, 3.63) is 29.6 Å². The summed E-state index contributed by atoms with van der Waals surface area (Å²) < 4.78 is 1.93. The highest BCUT2D eigenvalue weighted by Gasteiger charge is 2.26. The summed E-state index contributed by atoms with van der Waals surface area (Å²) in [4.78, 5) is 24.0. The number of nitrogens with one attached hydrogen (secondary N) is 2. The van der Waals surface area contributed by atoms with E-state index in [1.807, 2.05) is 35.9 Å². The van der Waals surface area contributed by atoms with Crippen molar-refractivity contribution in [3.8, 4) is 0 Å². The van der Waals surface area contributed by atoms with Gasteiger partial charge in [-0.1, -0.05) is 26.0 Å². The molecule has 1 aliphatic rings. The van der Waals surface area contributed by atoms with Crippen LogP contribution in [0.4, 0.5) is 0 Å². The molecule has 0 fully saturated rings. The molecular formula is C17H25N3O2. The van der Waals surface area contributed by atoms with Gasteiger partial charge in [0.1, 0.15) is 5.69 Å². The van der Waals surface area contributed by atoms with E-state index in [-0.39, 0.29) is 17.9 Å². The lowest BCUT2D eigenvalue weighted by atomic mass is 10.1. The molecule has 1 aliphatic heterocycles. The second-order valence-corrected chi connectivity index (χ2v) is 6.17. The zero-order chi connectivity index (χ0) is 16.1. The summed E-state index contributed by atoms with van der Waals surface area (Å²) in [6, 6.07) is 1.84. The molecule has 0 aliphatic carbocycles. The fourth-order valence-corrected chi connectivity index (χ4v) is 2.62. The van der Waals surface area contributed by atoms with Crippen molar-refractivity contribution in [2.45, 2.75) is 39.7 Å². The van der Waals surface area contributed by atoms with Gasteiger partial charge in [-0.2, -0.15) is 0 Å². The van der Waals surface area contributed by atoms with E-state index in [1.165, 1.54) is 0 Å². The summed E-state index contributed by atoms with van der Waals surface area (Å²) in [5.41, 5.74) is 1.61. The van der Waals surface area contributed by atoms with Gasteiger partial charge in [0, 0.05) is 25.7 Å². The summed E-state index contributed by atoms with van der Waals surface area (Å²) in [5.74, 6) is 0.537. The minimum atomic E-state index is -0.0766. The van der Waals surface area contributed by atoms with Gasteiger partial charge in [-0.15, -0.1) is 0 Å². The lowest BCUT2D eigenvalue weighted by Crippen LogP contribution is -2.40. The fourth-order valence-electron chi connectivity index (χ4n) is 2.62. The fraction of sp³-hybridized carbons (Fsp3) is 0.529. The molecule has 2 N–H and O–H groups in total. The minimum absolute atomic E-state index is 0.0224. The first-order valence-electron chi connectivity index (χ1n) is 7.90. The Hall–Kier alpha value is -2.04. The van der Waals surface area contributed by atoms with Crippen LogP contribution in [0.5, 0.6) is 0 Å². The average molecular weight is 303 g/mol. The number of amides is 2. The number of hydrogen-bond acceptors (Lipinski definition) is 2. The molecule has 1 aromatic rings. The van der Waals surface area contributed by atoms with E-state index in [4.69, 9.17) is 0 Å². The molecule has 2 rings (SSSR count). The van der Waals surface area contributed by atoms with Crippen LogP contribution in [0.15, 0.2) is 18.3 Å². The number of fused-ring (bicyclic) bond motifs is 1. The maximum Gasteiger partial charge on any atom is 0.268 e. The highest BCUT2D eigenvalue weighted by molar-refractivity contribution is 5.94. The summed E-state index contributed by atoms with van der Waals surface area (Å²) in [5, 5.41) is 5.82. The van der Waals surface area contributed by atoms with Gasteiger partial charge >= 0.3 is 0 Å². The first-order chi connectivity index (χ1) is 10.5. The minimum Gasteiger partial charge on any atom is -0.356 e. The maximum absolute atomic E-state index is 12.1. The predicted octanol–water partition coefficient (Wildman–Crippen LogP) is 2.36. The molecule has 0 saturated heterocycles. The summed E-state index contributed by atoms with van der Waals surface area (Å²) in [6.45, 7) is 7.41. The molecular weight excluding hydrogens is 278 g/mol. The Kier molecular flexibility index (Phi) is 5.41. The van der Waals surface area contributed by atoms with E-state index in [9.17, 15) is 9.59 Å². The molecule has 2 heterocycles. The molecule has 0 saturated carbocycles. The molecule has 22 heavy (non-hydrogen) atoms. The van der Waals surface area contributed by atoms with Crippen LogP contribution in [-0.4, -0.2) is 29.5 Å². The van der Waals surface area contributed by atoms with E-state index in [0.29, 0.717) is 31.1 Å². The molecule has 0 aromatic carbocycles. The Morgan fingerprint density at radius 1 is 1.55 bits per heavy atom. The molecule has 1 unspecified atom stereocenters. The van der Waals surface area contributed by atoms with E-state index in [0.717, 1.165) is 12.0 Å². The number of carbonyl (C=O) groups is 2. The van der Waals surface area contributed by atoms with Crippen molar-refractivity contribution in [2.75, 3.05) is 13.1 Å². The van der Waals surface area contributed by atoms with Gasteiger partial charge in [-0.3, -0.25) is 9.59 Å². The summed E-state index contributed by atoms with van der Waals surface area (Å²) in [6.07, 6.45) is 7.20. The Bertz CT molecular complexity index is 572. The number of aromatic nitrogens is 1. The van der Waals surface area contributed by atoms with Crippen molar-refractivity contribution in [3.63, 3.8) is 0 Å². The topological polar surface area (TPSA) is 63.1 Å². The third kappa shape index (κ3) is 4.00. The second kappa shape index (κ2) is 7.29. The van der Waals surface area contributed by atoms with Gasteiger partial charge in [0.25, 0.3) is 5.91 Å². The first-order valence-corrected chi connectivity index (χ1v) is 7.90. The van der Waals surface area contributed by atoms with Gasteiger partial charge in [0.05, 0.1) is 6.04 Å². The molecule has 5 nitrogen and oxygen atoms in total. The number of hydrogen-bond donors (Lipinski definition) is 2.